The summed E-state index contributed by atoms with van der Waals surface area (Å²) < 4.78 is 33.3. The lowest BCUT2D eigenvalue weighted by Crippen LogP contribution is -2.22. The van der Waals surface area contributed by atoms with Crippen LogP contribution in [0.2, 0.25) is 0 Å². The van der Waals surface area contributed by atoms with Gasteiger partial charge in [0.2, 0.25) is 0 Å². The van der Waals surface area contributed by atoms with Crippen molar-refractivity contribution in [1.29, 1.82) is 0 Å². The second-order valence-electron chi connectivity index (χ2n) is 6.77. The van der Waals surface area contributed by atoms with Gasteiger partial charge in [-0.15, -0.1) is 0 Å². The van der Waals surface area contributed by atoms with Gasteiger partial charge in [-0.1, -0.05) is 43.3 Å². The standard InChI is InChI=1S/C21H26O6S/c1-2-15(16-6-10-18(22)11-7-16)14-20(28(25,26)27)4-3-5-21(24)17-8-12-19(23)13-9-17/h3,5-13,15,20-24H,2,4,14H2,1H3,(H,25,26,27). The van der Waals surface area contributed by atoms with Crippen LogP contribution in [0.4, 0.5) is 0 Å². The molecule has 0 heterocycles. The number of aliphatic hydroxyl groups excluding tert-OH is 1. The molecule has 0 saturated carbocycles. The van der Waals surface area contributed by atoms with Gasteiger partial charge in [0.25, 0.3) is 10.1 Å². The van der Waals surface area contributed by atoms with Crippen molar-refractivity contribution in [3.8, 4) is 11.5 Å². The molecule has 0 aliphatic heterocycles. The van der Waals surface area contributed by atoms with Gasteiger partial charge >= 0.3 is 0 Å². The first-order valence-electron chi connectivity index (χ1n) is 9.09. The number of benzene rings is 2. The number of hydrogen-bond donors (Lipinski definition) is 4. The summed E-state index contributed by atoms with van der Waals surface area (Å²) in [4.78, 5) is 0. The molecule has 0 saturated heterocycles. The van der Waals surface area contributed by atoms with Crippen LogP contribution in [0.5, 0.6) is 11.5 Å². The minimum Gasteiger partial charge on any atom is -0.508 e. The average molecular weight is 407 g/mol. The van der Waals surface area contributed by atoms with Gasteiger partial charge in [0.15, 0.2) is 0 Å². The van der Waals surface area contributed by atoms with Gasteiger partial charge in [-0.05, 0) is 60.6 Å². The lowest BCUT2D eigenvalue weighted by molar-refractivity contribution is 0.228. The number of aromatic hydroxyl groups is 2. The lowest BCUT2D eigenvalue weighted by atomic mass is 9.91. The number of hydrogen-bond acceptors (Lipinski definition) is 5. The van der Waals surface area contributed by atoms with E-state index in [1.807, 2.05) is 6.92 Å². The highest BCUT2D eigenvalue weighted by atomic mass is 32.2. The average Bonchev–Trinajstić information content (AvgIpc) is 2.65. The fraction of sp³-hybridized carbons (Fsp3) is 0.333. The van der Waals surface area contributed by atoms with Crippen LogP contribution < -0.4 is 0 Å². The Balaban J connectivity index is 2.08. The summed E-state index contributed by atoms with van der Waals surface area (Å²) in [5, 5.41) is 27.9. The van der Waals surface area contributed by atoms with E-state index in [9.17, 15) is 28.3 Å². The van der Waals surface area contributed by atoms with E-state index in [2.05, 4.69) is 0 Å². The predicted octanol–water partition coefficient (Wildman–Crippen LogP) is 3.92. The molecule has 0 aromatic heterocycles. The molecule has 2 rings (SSSR count). The maximum absolute atomic E-state index is 11.8. The summed E-state index contributed by atoms with van der Waals surface area (Å²) in [6, 6.07) is 12.6. The van der Waals surface area contributed by atoms with Gasteiger partial charge in [-0.2, -0.15) is 8.42 Å². The molecular formula is C21H26O6S. The Labute approximate surface area is 165 Å². The van der Waals surface area contributed by atoms with Crippen molar-refractivity contribution in [1.82, 2.24) is 0 Å². The molecule has 4 N–H and O–H groups in total. The highest BCUT2D eigenvalue weighted by molar-refractivity contribution is 7.86. The molecule has 0 aliphatic carbocycles. The van der Waals surface area contributed by atoms with Gasteiger partial charge in [-0.3, -0.25) is 4.55 Å². The number of aliphatic hydroxyl groups is 1. The van der Waals surface area contributed by atoms with Gasteiger partial charge in [-0.25, -0.2) is 0 Å². The van der Waals surface area contributed by atoms with E-state index in [0.717, 1.165) is 5.56 Å². The van der Waals surface area contributed by atoms with Crippen LogP contribution >= 0.6 is 0 Å². The van der Waals surface area contributed by atoms with Crippen molar-refractivity contribution >= 4 is 10.1 Å². The Bertz CT molecular complexity index is 872. The van der Waals surface area contributed by atoms with Crippen LogP contribution in [0, 0.1) is 0 Å². The Morgan fingerprint density at radius 1 is 0.929 bits per heavy atom. The van der Waals surface area contributed by atoms with Crippen LogP contribution in [0.25, 0.3) is 0 Å². The summed E-state index contributed by atoms with van der Waals surface area (Å²) >= 11 is 0. The molecule has 2 aromatic carbocycles. The fourth-order valence-electron chi connectivity index (χ4n) is 3.08. The third kappa shape index (κ3) is 6.37. The number of allylic oxidation sites excluding steroid dienone is 1. The molecule has 28 heavy (non-hydrogen) atoms. The second-order valence-corrected chi connectivity index (χ2v) is 8.47. The molecule has 0 fully saturated rings. The van der Waals surface area contributed by atoms with Crippen LogP contribution in [-0.2, 0) is 10.1 Å². The van der Waals surface area contributed by atoms with Crippen molar-refractivity contribution in [3.63, 3.8) is 0 Å². The van der Waals surface area contributed by atoms with Crippen molar-refractivity contribution in [2.24, 2.45) is 0 Å². The van der Waals surface area contributed by atoms with Crippen molar-refractivity contribution in [3.05, 3.63) is 71.8 Å². The molecule has 3 unspecified atom stereocenters. The summed E-state index contributed by atoms with van der Waals surface area (Å²) in [5.74, 6) is 0.130. The Kier molecular flexibility index (Phi) is 7.62. The maximum atomic E-state index is 11.8. The molecule has 0 bridgehead atoms. The molecule has 0 spiro atoms. The third-order valence-electron chi connectivity index (χ3n) is 4.78. The van der Waals surface area contributed by atoms with E-state index in [1.165, 1.54) is 18.2 Å². The lowest BCUT2D eigenvalue weighted by Gasteiger charge is -2.20. The highest BCUT2D eigenvalue weighted by Crippen LogP contribution is 2.29. The SMILES string of the molecule is CCC(CC(CC=CC(O)c1ccc(O)cc1)S(=O)(=O)O)c1ccc(O)cc1. The molecule has 2 aromatic rings. The Morgan fingerprint density at radius 3 is 1.89 bits per heavy atom. The van der Waals surface area contributed by atoms with Crippen molar-refractivity contribution < 1.29 is 28.3 Å². The monoisotopic (exact) mass is 406 g/mol. The van der Waals surface area contributed by atoms with E-state index >= 15 is 0 Å². The summed E-state index contributed by atoms with van der Waals surface area (Å²) in [6.45, 7) is 1.93. The van der Waals surface area contributed by atoms with Gasteiger partial charge in [0.1, 0.15) is 11.5 Å². The van der Waals surface area contributed by atoms with E-state index in [1.54, 1.807) is 42.5 Å². The highest BCUT2D eigenvalue weighted by Gasteiger charge is 2.26. The quantitative estimate of drug-likeness (QED) is 0.371. The zero-order valence-corrected chi connectivity index (χ0v) is 16.5. The van der Waals surface area contributed by atoms with Gasteiger partial charge < -0.3 is 15.3 Å². The largest absolute Gasteiger partial charge is 0.508 e. The summed E-state index contributed by atoms with van der Waals surface area (Å²) in [5.41, 5.74) is 1.45. The number of phenolic OH excluding ortho intramolecular Hbond substituents is 2. The Morgan fingerprint density at radius 2 is 1.43 bits per heavy atom. The molecule has 0 radical (unpaired) electrons. The smallest absolute Gasteiger partial charge is 0.268 e. The van der Waals surface area contributed by atoms with Crippen LogP contribution in [0.1, 0.15) is 49.3 Å². The van der Waals surface area contributed by atoms with Crippen LogP contribution in [0.15, 0.2) is 60.7 Å². The van der Waals surface area contributed by atoms with Crippen molar-refractivity contribution in [2.45, 2.75) is 43.5 Å². The number of phenols is 2. The minimum absolute atomic E-state index is 0.0581. The topological polar surface area (TPSA) is 115 Å². The van der Waals surface area contributed by atoms with Gasteiger partial charge in [0, 0.05) is 0 Å². The van der Waals surface area contributed by atoms with Crippen molar-refractivity contribution in [2.75, 3.05) is 0 Å². The fourth-order valence-corrected chi connectivity index (χ4v) is 3.91. The molecule has 0 aliphatic rings. The van der Waals surface area contributed by atoms with E-state index in [0.29, 0.717) is 12.0 Å². The van der Waals surface area contributed by atoms with Gasteiger partial charge in [0.05, 0.1) is 11.4 Å². The normalized spacial score (nSPS) is 15.4. The Hall–Kier alpha value is -2.35. The molecule has 152 valence electrons. The first kappa shape index (κ1) is 21.9. The molecule has 7 heteroatoms. The van der Waals surface area contributed by atoms with E-state index < -0.39 is 21.5 Å². The molecule has 3 atom stereocenters. The summed E-state index contributed by atoms with van der Waals surface area (Å²) in [7, 11) is -4.27. The number of rotatable bonds is 9. The maximum Gasteiger partial charge on any atom is 0.268 e. The molecule has 0 amide bonds. The van der Waals surface area contributed by atoms with Crippen LogP contribution in [-0.4, -0.2) is 33.5 Å². The third-order valence-corrected chi connectivity index (χ3v) is 6.01. The second kappa shape index (κ2) is 9.73. The first-order valence-corrected chi connectivity index (χ1v) is 10.6. The summed E-state index contributed by atoms with van der Waals surface area (Å²) in [6.07, 6.45) is 3.02. The van der Waals surface area contributed by atoms with E-state index in [4.69, 9.17) is 0 Å². The zero-order valence-electron chi connectivity index (χ0n) is 15.6. The first-order chi connectivity index (χ1) is 13.2. The minimum atomic E-state index is -4.27. The molecule has 6 nitrogen and oxygen atoms in total. The van der Waals surface area contributed by atoms with E-state index in [-0.39, 0.29) is 30.3 Å². The zero-order chi connectivity index (χ0) is 20.7. The predicted molar refractivity (Wildman–Crippen MR) is 108 cm³/mol. The molecular weight excluding hydrogens is 380 g/mol. The van der Waals surface area contributed by atoms with Crippen LogP contribution in [0.3, 0.4) is 0 Å².